The molecule has 6 heteroatoms. The molecule has 0 aliphatic heterocycles. The lowest BCUT2D eigenvalue weighted by atomic mass is 10.3. The van der Waals surface area contributed by atoms with Crippen LogP contribution in [0.3, 0.4) is 0 Å². The molecule has 0 aromatic rings. The highest BCUT2D eigenvalue weighted by atomic mass is 31.2. The number of aliphatic hydroxyl groups excluding tert-OH is 1. The second-order valence-electron chi connectivity index (χ2n) is 2.31. The zero-order valence-electron chi connectivity index (χ0n) is 7.40. The van der Waals surface area contributed by atoms with Crippen LogP contribution >= 0.6 is 7.75 Å². The molecule has 0 aliphatic rings. The molecule has 0 amide bonds. The van der Waals surface area contributed by atoms with Gasteiger partial charge in [-0.05, 0) is 13.3 Å². The topological polar surface area (TPSA) is 81.8 Å². The Labute approximate surface area is 72.4 Å². The van der Waals surface area contributed by atoms with Crippen molar-refractivity contribution in [3.63, 3.8) is 0 Å². The number of rotatable bonds is 6. The molecule has 0 saturated heterocycles. The molecule has 0 bridgehead atoms. The molecule has 0 rings (SSSR count). The van der Waals surface area contributed by atoms with Gasteiger partial charge in [-0.2, -0.15) is 0 Å². The lowest BCUT2D eigenvalue weighted by molar-refractivity contribution is -0.0337. The second kappa shape index (κ2) is 5.67. The fraction of sp³-hybridized carbons (Fsp3) is 1.00. The van der Waals surface area contributed by atoms with Crippen molar-refractivity contribution in [2.75, 3.05) is 6.61 Å². The highest BCUT2D eigenvalue weighted by Gasteiger charge is 2.21. The van der Waals surface area contributed by atoms with Gasteiger partial charge in [0.1, 0.15) is 0 Å². The summed E-state index contributed by atoms with van der Waals surface area (Å²) in [5.74, 6) is 0. The van der Waals surface area contributed by atoms with E-state index in [0.29, 0.717) is 6.42 Å². The minimum absolute atomic E-state index is 0.201. The van der Waals surface area contributed by atoms with Crippen molar-refractivity contribution < 1.29 is 18.7 Å². The first-order valence-corrected chi connectivity index (χ1v) is 5.52. The van der Waals surface area contributed by atoms with Crippen LogP contribution in [0.1, 0.15) is 26.7 Å². The molecular formula is C6H16NO4P. The molecule has 2 atom stereocenters. The van der Waals surface area contributed by atoms with E-state index in [9.17, 15) is 4.57 Å². The van der Waals surface area contributed by atoms with Gasteiger partial charge >= 0.3 is 7.75 Å². The smallest absolute Gasteiger partial charge is 0.367 e. The van der Waals surface area contributed by atoms with E-state index in [1.165, 1.54) is 0 Å². The monoisotopic (exact) mass is 197 g/mol. The van der Waals surface area contributed by atoms with Gasteiger partial charge in [0, 0.05) is 0 Å². The largest absolute Gasteiger partial charge is 0.405 e. The Morgan fingerprint density at radius 3 is 2.58 bits per heavy atom. The van der Waals surface area contributed by atoms with E-state index in [4.69, 9.17) is 10.6 Å². The molecule has 2 unspecified atom stereocenters. The number of aliphatic hydroxyl groups is 1. The Morgan fingerprint density at radius 1 is 1.58 bits per heavy atom. The normalized spacial score (nSPS) is 18.7. The first-order chi connectivity index (χ1) is 5.52. The van der Waals surface area contributed by atoms with Crippen LogP contribution < -0.4 is 5.50 Å². The lowest BCUT2D eigenvalue weighted by Gasteiger charge is -2.16. The molecule has 5 nitrogen and oxygen atoms in total. The molecule has 3 N–H and O–H groups in total. The van der Waals surface area contributed by atoms with E-state index < -0.39 is 14.0 Å². The summed E-state index contributed by atoms with van der Waals surface area (Å²) in [6.07, 6.45) is 0.0269. The van der Waals surface area contributed by atoms with Gasteiger partial charge in [-0.3, -0.25) is 9.05 Å². The zero-order chi connectivity index (χ0) is 9.61. The molecule has 0 radical (unpaired) electrons. The van der Waals surface area contributed by atoms with Crippen molar-refractivity contribution in [3.8, 4) is 0 Å². The maximum absolute atomic E-state index is 11.1. The van der Waals surface area contributed by atoms with Crippen molar-refractivity contribution in [2.45, 2.75) is 33.0 Å². The van der Waals surface area contributed by atoms with Crippen LogP contribution in [0.15, 0.2) is 0 Å². The molecule has 12 heavy (non-hydrogen) atoms. The van der Waals surface area contributed by atoms with Crippen molar-refractivity contribution in [1.29, 1.82) is 0 Å². The first-order valence-electron chi connectivity index (χ1n) is 3.91. The summed E-state index contributed by atoms with van der Waals surface area (Å²) in [6.45, 7) is 3.72. The zero-order valence-corrected chi connectivity index (χ0v) is 8.29. The Kier molecular flexibility index (Phi) is 5.70. The summed E-state index contributed by atoms with van der Waals surface area (Å²) in [5.41, 5.74) is 5.11. The number of hydrogen-bond donors (Lipinski definition) is 2. The van der Waals surface area contributed by atoms with Crippen LogP contribution in [0.2, 0.25) is 0 Å². The van der Waals surface area contributed by atoms with Crippen LogP contribution in [-0.4, -0.2) is 18.0 Å². The van der Waals surface area contributed by atoms with Gasteiger partial charge in [0.05, 0.1) is 6.61 Å². The molecule has 0 heterocycles. The SMILES string of the molecule is CCCC(O)OP(N)(=O)OCC. The van der Waals surface area contributed by atoms with Crippen molar-refractivity contribution in [2.24, 2.45) is 5.50 Å². The van der Waals surface area contributed by atoms with Crippen LogP contribution in [-0.2, 0) is 13.6 Å². The van der Waals surface area contributed by atoms with Crippen LogP contribution in [0, 0.1) is 0 Å². The molecule has 0 aromatic heterocycles. The van der Waals surface area contributed by atoms with Gasteiger partial charge in [-0.25, -0.2) is 10.1 Å². The Hall–Kier alpha value is 0.0700. The second-order valence-corrected chi connectivity index (χ2v) is 3.86. The average Bonchev–Trinajstić information content (AvgIpc) is 1.85. The summed E-state index contributed by atoms with van der Waals surface area (Å²) in [6, 6.07) is 0. The van der Waals surface area contributed by atoms with E-state index in [0.717, 1.165) is 6.42 Å². The Balaban J connectivity index is 3.79. The predicted molar refractivity (Wildman–Crippen MR) is 45.4 cm³/mol. The van der Waals surface area contributed by atoms with Crippen molar-refractivity contribution in [3.05, 3.63) is 0 Å². The van der Waals surface area contributed by atoms with Gasteiger partial charge in [0.2, 0.25) is 0 Å². The van der Waals surface area contributed by atoms with Gasteiger partial charge in [0.25, 0.3) is 0 Å². The van der Waals surface area contributed by atoms with E-state index in [1.54, 1.807) is 6.92 Å². The quantitative estimate of drug-likeness (QED) is 0.494. The third-order valence-electron chi connectivity index (χ3n) is 1.11. The highest BCUT2D eigenvalue weighted by molar-refractivity contribution is 7.51. The third-order valence-corrected chi connectivity index (χ3v) is 2.27. The van der Waals surface area contributed by atoms with Crippen molar-refractivity contribution in [1.82, 2.24) is 0 Å². The summed E-state index contributed by atoms with van der Waals surface area (Å²) in [5, 5.41) is 9.06. The Morgan fingerprint density at radius 2 is 2.17 bits per heavy atom. The fourth-order valence-corrected chi connectivity index (χ4v) is 1.54. The van der Waals surface area contributed by atoms with E-state index in [-0.39, 0.29) is 6.61 Å². The first kappa shape index (κ1) is 12.1. The number of nitrogens with two attached hydrogens (primary N) is 1. The van der Waals surface area contributed by atoms with Gasteiger partial charge in [-0.15, -0.1) is 0 Å². The van der Waals surface area contributed by atoms with Gasteiger partial charge in [-0.1, -0.05) is 13.3 Å². The maximum atomic E-state index is 11.1. The standard InChI is InChI=1S/C6H16NO4P/c1-3-5-6(8)11-12(7,9)10-4-2/h6,8H,3-5H2,1-2H3,(H2,7,9). The average molecular weight is 197 g/mol. The molecule has 74 valence electrons. The number of hydrogen-bond acceptors (Lipinski definition) is 4. The van der Waals surface area contributed by atoms with Crippen molar-refractivity contribution >= 4 is 7.75 Å². The summed E-state index contributed by atoms with van der Waals surface area (Å²) >= 11 is 0. The molecular weight excluding hydrogens is 181 g/mol. The van der Waals surface area contributed by atoms with Crippen LogP contribution in [0.5, 0.6) is 0 Å². The minimum Gasteiger partial charge on any atom is -0.367 e. The van der Waals surface area contributed by atoms with Gasteiger partial charge < -0.3 is 5.11 Å². The summed E-state index contributed by atoms with van der Waals surface area (Å²) < 4.78 is 20.3. The van der Waals surface area contributed by atoms with E-state index in [1.807, 2.05) is 6.92 Å². The summed E-state index contributed by atoms with van der Waals surface area (Å²) in [4.78, 5) is 0. The molecule has 0 fully saturated rings. The maximum Gasteiger partial charge on any atom is 0.405 e. The van der Waals surface area contributed by atoms with Crippen LogP contribution in [0.4, 0.5) is 0 Å². The lowest BCUT2D eigenvalue weighted by Crippen LogP contribution is -2.14. The van der Waals surface area contributed by atoms with Crippen LogP contribution in [0.25, 0.3) is 0 Å². The van der Waals surface area contributed by atoms with E-state index in [2.05, 4.69) is 9.05 Å². The fourth-order valence-electron chi connectivity index (χ4n) is 0.680. The van der Waals surface area contributed by atoms with Gasteiger partial charge in [0.15, 0.2) is 6.29 Å². The van der Waals surface area contributed by atoms with E-state index >= 15 is 0 Å². The Bertz CT molecular complexity index is 164. The molecule has 0 saturated carbocycles. The molecule has 0 aromatic carbocycles. The minimum atomic E-state index is -3.53. The molecule has 0 aliphatic carbocycles. The predicted octanol–water partition coefficient (Wildman–Crippen LogP) is 1.22. The highest BCUT2D eigenvalue weighted by Crippen LogP contribution is 2.40. The molecule has 0 spiro atoms. The summed E-state index contributed by atoms with van der Waals surface area (Å²) in [7, 11) is -3.53. The third kappa shape index (κ3) is 5.69.